The third-order valence-corrected chi connectivity index (χ3v) is 5.18. The number of aromatic carboxylic acids is 1. The number of carboxylic acid groups (broad SMARTS) is 1. The second kappa shape index (κ2) is 6.23. The summed E-state index contributed by atoms with van der Waals surface area (Å²) >= 11 is 5.12. The van der Waals surface area contributed by atoms with Crippen LogP contribution in [-0.2, 0) is 9.84 Å². The summed E-state index contributed by atoms with van der Waals surface area (Å²) in [5, 5.41) is 8.65. The maximum absolute atomic E-state index is 11.9. The van der Waals surface area contributed by atoms with Crippen molar-refractivity contribution in [2.24, 2.45) is 0 Å². The van der Waals surface area contributed by atoms with Crippen molar-refractivity contribution in [2.45, 2.75) is 10.4 Å². The molecule has 112 valence electrons. The standard InChI is InChI=1S/C10H8ClF3O4S2/c11-8-2-1-6(5-7(8)9(15)16)20(17,18)4-3-19-10(12,13)14/h1-2,5H,3-4H2,(H,15,16). The van der Waals surface area contributed by atoms with Crippen molar-refractivity contribution < 1.29 is 31.5 Å². The molecule has 0 bridgehead atoms. The highest BCUT2D eigenvalue weighted by molar-refractivity contribution is 8.01. The summed E-state index contributed by atoms with van der Waals surface area (Å²) in [5.74, 6) is -2.84. The minimum absolute atomic E-state index is 0.152. The second-order valence-electron chi connectivity index (χ2n) is 3.56. The highest BCUT2D eigenvalue weighted by Crippen LogP contribution is 2.30. The van der Waals surface area contributed by atoms with Crippen molar-refractivity contribution >= 4 is 39.2 Å². The summed E-state index contributed by atoms with van der Waals surface area (Å²) in [7, 11) is -4.00. The summed E-state index contributed by atoms with van der Waals surface area (Å²) in [6.45, 7) is 0. The largest absolute Gasteiger partial charge is 0.478 e. The number of alkyl halides is 3. The number of benzene rings is 1. The van der Waals surface area contributed by atoms with Crippen LogP contribution in [0, 0.1) is 0 Å². The summed E-state index contributed by atoms with van der Waals surface area (Å²) in [6.07, 6.45) is 0. The molecule has 4 nitrogen and oxygen atoms in total. The lowest BCUT2D eigenvalue weighted by molar-refractivity contribution is -0.0326. The monoisotopic (exact) mass is 348 g/mol. The molecular formula is C10H8ClF3O4S2. The summed E-state index contributed by atoms with van der Waals surface area (Å²) in [6, 6.07) is 2.97. The van der Waals surface area contributed by atoms with Gasteiger partial charge in [-0.25, -0.2) is 13.2 Å². The Bertz CT molecular complexity index is 613. The van der Waals surface area contributed by atoms with E-state index in [1.807, 2.05) is 0 Å². The fraction of sp³-hybridized carbons (Fsp3) is 0.300. The molecule has 0 radical (unpaired) electrons. The lowest BCUT2D eigenvalue weighted by Crippen LogP contribution is -2.13. The van der Waals surface area contributed by atoms with E-state index in [0.29, 0.717) is 0 Å². The summed E-state index contributed by atoms with van der Waals surface area (Å²) in [5.41, 5.74) is -4.93. The zero-order valence-electron chi connectivity index (χ0n) is 9.65. The first-order chi connectivity index (χ1) is 9.03. The van der Waals surface area contributed by atoms with Crippen molar-refractivity contribution in [1.29, 1.82) is 0 Å². The maximum atomic E-state index is 11.9. The van der Waals surface area contributed by atoms with E-state index >= 15 is 0 Å². The van der Waals surface area contributed by atoms with Crippen LogP contribution in [0.4, 0.5) is 13.2 Å². The summed E-state index contributed by atoms with van der Waals surface area (Å²) in [4.78, 5) is 10.4. The molecule has 1 aromatic carbocycles. The first kappa shape index (κ1) is 17.1. The van der Waals surface area contributed by atoms with E-state index in [4.69, 9.17) is 16.7 Å². The molecule has 0 atom stereocenters. The molecule has 1 rings (SSSR count). The van der Waals surface area contributed by atoms with Gasteiger partial charge in [0.2, 0.25) is 0 Å². The SMILES string of the molecule is O=C(O)c1cc(S(=O)(=O)CCSC(F)(F)F)ccc1Cl. The number of thioether (sulfide) groups is 1. The number of hydrogen-bond donors (Lipinski definition) is 1. The molecule has 0 heterocycles. The normalized spacial score (nSPS) is 12.4. The van der Waals surface area contributed by atoms with Crippen LogP contribution in [0.15, 0.2) is 23.1 Å². The molecule has 0 fully saturated rings. The van der Waals surface area contributed by atoms with Crippen molar-refractivity contribution in [3.63, 3.8) is 0 Å². The van der Waals surface area contributed by atoms with Crippen LogP contribution in [0.2, 0.25) is 5.02 Å². The zero-order chi connectivity index (χ0) is 15.6. The molecule has 0 aliphatic rings. The predicted octanol–water partition coefficient (Wildman–Crippen LogP) is 3.06. The average molecular weight is 349 g/mol. The van der Waals surface area contributed by atoms with Crippen LogP contribution < -0.4 is 0 Å². The third-order valence-electron chi connectivity index (χ3n) is 2.15. The molecule has 20 heavy (non-hydrogen) atoms. The van der Waals surface area contributed by atoms with E-state index in [1.54, 1.807) is 0 Å². The first-order valence-corrected chi connectivity index (χ1v) is 8.01. The molecule has 0 saturated carbocycles. The third kappa shape index (κ3) is 4.88. The lowest BCUT2D eigenvalue weighted by Gasteiger charge is -2.08. The Hall–Kier alpha value is -0.930. The average Bonchev–Trinajstić information content (AvgIpc) is 2.26. The van der Waals surface area contributed by atoms with Gasteiger partial charge in [-0.1, -0.05) is 11.6 Å². The number of halogens is 4. The van der Waals surface area contributed by atoms with Crippen molar-refractivity contribution in [3.8, 4) is 0 Å². The number of carboxylic acids is 1. The first-order valence-electron chi connectivity index (χ1n) is 4.99. The van der Waals surface area contributed by atoms with Gasteiger partial charge in [0.1, 0.15) is 0 Å². The highest BCUT2D eigenvalue weighted by Gasteiger charge is 2.29. The lowest BCUT2D eigenvalue weighted by atomic mass is 10.2. The predicted molar refractivity (Wildman–Crippen MR) is 69.0 cm³/mol. The van der Waals surface area contributed by atoms with E-state index in [2.05, 4.69) is 0 Å². The fourth-order valence-corrected chi connectivity index (χ4v) is 3.70. The highest BCUT2D eigenvalue weighted by atomic mass is 35.5. The van der Waals surface area contributed by atoms with Gasteiger partial charge < -0.3 is 5.11 Å². The van der Waals surface area contributed by atoms with Gasteiger partial charge in [-0.3, -0.25) is 0 Å². The zero-order valence-corrected chi connectivity index (χ0v) is 12.0. The van der Waals surface area contributed by atoms with Crippen LogP contribution >= 0.6 is 23.4 Å². The van der Waals surface area contributed by atoms with Crippen molar-refractivity contribution in [2.75, 3.05) is 11.5 Å². The van der Waals surface area contributed by atoms with Gasteiger partial charge in [0, 0.05) is 5.75 Å². The number of sulfone groups is 1. The van der Waals surface area contributed by atoms with Gasteiger partial charge in [-0.15, -0.1) is 0 Å². The maximum Gasteiger partial charge on any atom is 0.441 e. The van der Waals surface area contributed by atoms with Gasteiger partial charge >= 0.3 is 11.5 Å². The molecule has 0 aliphatic heterocycles. The summed E-state index contributed by atoms with van der Waals surface area (Å²) < 4.78 is 59.4. The Kier molecular flexibility index (Phi) is 5.33. The molecule has 0 aliphatic carbocycles. The van der Waals surface area contributed by atoms with Crippen LogP contribution in [0.5, 0.6) is 0 Å². The Morgan fingerprint density at radius 2 is 1.95 bits per heavy atom. The van der Waals surface area contributed by atoms with Crippen molar-refractivity contribution in [1.82, 2.24) is 0 Å². The molecule has 1 N–H and O–H groups in total. The van der Waals surface area contributed by atoms with E-state index < -0.39 is 50.1 Å². The van der Waals surface area contributed by atoms with Gasteiger partial charge in [0.15, 0.2) is 9.84 Å². The smallest absolute Gasteiger partial charge is 0.441 e. The molecule has 0 saturated heterocycles. The van der Waals surface area contributed by atoms with E-state index in [-0.39, 0.29) is 9.92 Å². The number of carbonyl (C=O) groups is 1. The van der Waals surface area contributed by atoms with E-state index in [0.717, 1.165) is 18.2 Å². The van der Waals surface area contributed by atoms with Crippen LogP contribution in [0.25, 0.3) is 0 Å². The van der Waals surface area contributed by atoms with Gasteiger partial charge in [-0.05, 0) is 30.0 Å². The number of rotatable bonds is 5. The van der Waals surface area contributed by atoms with Crippen LogP contribution in [0.3, 0.4) is 0 Å². The quantitative estimate of drug-likeness (QED) is 0.885. The topological polar surface area (TPSA) is 71.4 Å². The second-order valence-corrected chi connectivity index (χ2v) is 7.24. The Balaban J connectivity index is 2.93. The van der Waals surface area contributed by atoms with E-state index in [1.165, 1.54) is 0 Å². The molecule has 0 amide bonds. The van der Waals surface area contributed by atoms with Crippen LogP contribution in [-0.4, -0.2) is 36.5 Å². The molecule has 0 spiro atoms. The fourth-order valence-electron chi connectivity index (χ4n) is 1.25. The molecular weight excluding hydrogens is 341 g/mol. The number of hydrogen-bond acceptors (Lipinski definition) is 4. The molecule has 10 heteroatoms. The van der Waals surface area contributed by atoms with E-state index in [9.17, 15) is 26.4 Å². The molecule has 0 aromatic heterocycles. The Morgan fingerprint density at radius 1 is 1.35 bits per heavy atom. The van der Waals surface area contributed by atoms with Crippen molar-refractivity contribution in [3.05, 3.63) is 28.8 Å². The minimum Gasteiger partial charge on any atom is -0.478 e. The van der Waals surface area contributed by atoms with Gasteiger partial charge in [0.25, 0.3) is 0 Å². The molecule has 0 unspecified atom stereocenters. The Labute approximate surface area is 121 Å². The van der Waals surface area contributed by atoms with Crippen LogP contribution in [0.1, 0.15) is 10.4 Å². The minimum atomic E-state index is -4.51. The van der Waals surface area contributed by atoms with Gasteiger partial charge in [-0.2, -0.15) is 13.2 Å². The Morgan fingerprint density at radius 3 is 2.45 bits per heavy atom. The molecule has 1 aromatic rings. The van der Waals surface area contributed by atoms with Gasteiger partial charge in [0.05, 0.1) is 21.2 Å².